The number of rotatable bonds is 5. The van der Waals surface area contributed by atoms with Crippen LogP contribution >= 0.6 is 15.9 Å². The molecule has 134 valence electrons. The number of carbonyl (C=O) groups is 2. The molecule has 0 unspecified atom stereocenters. The van der Waals surface area contributed by atoms with Gasteiger partial charge < -0.3 is 24.4 Å². The summed E-state index contributed by atoms with van der Waals surface area (Å²) in [6.07, 6.45) is 2.21. The first-order chi connectivity index (χ1) is 12.1. The molecule has 7 nitrogen and oxygen atoms in total. The van der Waals surface area contributed by atoms with E-state index in [4.69, 9.17) is 14.2 Å². The molecule has 1 N–H and O–H groups in total. The SMILES string of the molecule is COC(=O)C1=C(C(=O)OC)N(c2c(Br)cccc2NC2CC2)COC1. The van der Waals surface area contributed by atoms with Gasteiger partial charge in [0.15, 0.2) is 0 Å². The van der Waals surface area contributed by atoms with Gasteiger partial charge in [-0.05, 0) is 40.9 Å². The molecular weight excluding hydrogens is 392 g/mol. The van der Waals surface area contributed by atoms with Crippen LogP contribution in [0.4, 0.5) is 11.4 Å². The average Bonchev–Trinajstić information content (AvgIpc) is 3.44. The first-order valence-corrected chi connectivity index (χ1v) is 8.66. The van der Waals surface area contributed by atoms with Crippen LogP contribution in [0, 0.1) is 0 Å². The quantitative estimate of drug-likeness (QED) is 0.746. The van der Waals surface area contributed by atoms with Crippen LogP contribution in [0.25, 0.3) is 0 Å². The molecule has 1 saturated carbocycles. The fraction of sp³-hybridized carbons (Fsp3) is 0.412. The third kappa shape index (κ3) is 3.64. The van der Waals surface area contributed by atoms with Crippen molar-refractivity contribution in [2.24, 2.45) is 0 Å². The van der Waals surface area contributed by atoms with Crippen molar-refractivity contribution in [3.63, 3.8) is 0 Å². The maximum Gasteiger partial charge on any atom is 0.355 e. The summed E-state index contributed by atoms with van der Waals surface area (Å²) in [5.74, 6) is -1.23. The monoisotopic (exact) mass is 410 g/mol. The molecule has 0 bridgehead atoms. The molecule has 1 aliphatic heterocycles. The van der Waals surface area contributed by atoms with E-state index in [1.54, 1.807) is 4.90 Å². The Hall–Kier alpha value is -2.06. The number of esters is 2. The molecule has 0 atom stereocenters. The molecule has 0 aromatic heterocycles. The summed E-state index contributed by atoms with van der Waals surface area (Å²) in [5.41, 5.74) is 1.84. The molecular formula is C17H19BrN2O5. The third-order valence-electron chi connectivity index (χ3n) is 4.03. The predicted molar refractivity (Wildman–Crippen MR) is 95.1 cm³/mol. The Bertz CT molecular complexity index is 730. The molecule has 0 spiro atoms. The third-order valence-corrected chi connectivity index (χ3v) is 4.67. The Kier molecular flexibility index (Phi) is 5.29. The highest BCUT2D eigenvalue weighted by Gasteiger charge is 2.35. The molecule has 1 fully saturated rings. The molecule has 1 aliphatic carbocycles. The first kappa shape index (κ1) is 17.8. The summed E-state index contributed by atoms with van der Waals surface area (Å²) < 4.78 is 16.0. The number of ether oxygens (including phenoxy) is 3. The lowest BCUT2D eigenvalue weighted by molar-refractivity contribution is -0.140. The topological polar surface area (TPSA) is 77.1 Å². The van der Waals surface area contributed by atoms with Gasteiger partial charge in [0.25, 0.3) is 0 Å². The number of halogens is 1. The summed E-state index contributed by atoms with van der Waals surface area (Å²) in [4.78, 5) is 26.2. The summed E-state index contributed by atoms with van der Waals surface area (Å²) in [7, 11) is 2.54. The maximum absolute atomic E-state index is 12.4. The minimum absolute atomic E-state index is 0.0105. The van der Waals surface area contributed by atoms with Crippen molar-refractivity contribution in [3.05, 3.63) is 33.9 Å². The van der Waals surface area contributed by atoms with Crippen LogP contribution in [0.5, 0.6) is 0 Å². The van der Waals surface area contributed by atoms with Crippen molar-refractivity contribution in [2.75, 3.05) is 37.8 Å². The highest BCUT2D eigenvalue weighted by Crippen LogP contribution is 2.40. The van der Waals surface area contributed by atoms with Gasteiger partial charge in [0.1, 0.15) is 12.4 Å². The van der Waals surface area contributed by atoms with Gasteiger partial charge in [-0.25, -0.2) is 9.59 Å². The van der Waals surface area contributed by atoms with Gasteiger partial charge >= 0.3 is 11.9 Å². The average molecular weight is 411 g/mol. The van der Waals surface area contributed by atoms with Crippen LogP contribution in [-0.2, 0) is 23.8 Å². The van der Waals surface area contributed by atoms with Crippen LogP contribution in [0.15, 0.2) is 33.9 Å². The number of anilines is 2. The lowest BCUT2D eigenvalue weighted by atomic mass is 10.1. The molecule has 2 aliphatic rings. The molecule has 3 rings (SSSR count). The summed E-state index contributed by atoms with van der Waals surface area (Å²) >= 11 is 3.54. The number of nitrogens with one attached hydrogen (secondary N) is 1. The van der Waals surface area contributed by atoms with Gasteiger partial charge in [0.2, 0.25) is 0 Å². The van der Waals surface area contributed by atoms with Crippen molar-refractivity contribution in [3.8, 4) is 0 Å². The summed E-state index contributed by atoms with van der Waals surface area (Å²) in [6.45, 7) is 0.107. The molecule has 1 heterocycles. The van der Waals surface area contributed by atoms with Gasteiger partial charge in [0.05, 0.1) is 37.8 Å². The molecule has 1 aromatic carbocycles. The standard InChI is InChI=1S/C17H19BrN2O5/c1-23-16(21)11-8-25-9-20(14(11)17(22)24-2)15-12(18)4-3-5-13(15)19-10-6-7-10/h3-5,10,19H,6-9H2,1-2H3. The van der Waals surface area contributed by atoms with Crippen molar-refractivity contribution in [1.82, 2.24) is 0 Å². The van der Waals surface area contributed by atoms with E-state index in [2.05, 4.69) is 21.2 Å². The lowest BCUT2D eigenvalue weighted by Gasteiger charge is -2.33. The normalized spacial score (nSPS) is 17.3. The van der Waals surface area contributed by atoms with E-state index in [0.29, 0.717) is 6.04 Å². The lowest BCUT2D eigenvalue weighted by Crippen LogP contribution is -2.39. The zero-order valence-electron chi connectivity index (χ0n) is 14.0. The Labute approximate surface area is 154 Å². The molecule has 1 aromatic rings. The smallest absolute Gasteiger partial charge is 0.355 e. The number of carbonyl (C=O) groups excluding carboxylic acids is 2. The number of hydrogen-bond acceptors (Lipinski definition) is 7. The number of nitrogens with zero attached hydrogens (tertiary/aromatic N) is 1. The van der Waals surface area contributed by atoms with Gasteiger partial charge in [-0.15, -0.1) is 0 Å². The minimum Gasteiger partial charge on any atom is -0.466 e. The summed E-state index contributed by atoms with van der Waals surface area (Å²) in [5, 5.41) is 3.44. The van der Waals surface area contributed by atoms with Crippen LogP contribution in [-0.4, -0.2) is 45.5 Å². The number of benzene rings is 1. The van der Waals surface area contributed by atoms with Crippen molar-refractivity contribution < 1.29 is 23.8 Å². The van der Waals surface area contributed by atoms with Gasteiger partial charge in [-0.3, -0.25) is 0 Å². The highest BCUT2D eigenvalue weighted by atomic mass is 79.9. The second-order valence-electron chi connectivity index (χ2n) is 5.77. The largest absolute Gasteiger partial charge is 0.466 e. The fourth-order valence-corrected chi connectivity index (χ4v) is 3.25. The van der Waals surface area contributed by atoms with Crippen molar-refractivity contribution >= 4 is 39.2 Å². The van der Waals surface area contributed by atoms with E-state index in [0.717, 1.165) is 28.7 Å². The predicted octanol–water partition coefficient (Wildman–Crippen LogP) is 2.42. The second kappa shape index (κ2) is 7.45. The number of methoxy groups -OCH3 is 2. The molecule has 0 radical (unpaired) electrons. The van der Waals surface area contributed by atoms with Crippen LogP contribution in [0.1, 0.15) is 12.8 Å². The van der Waals surface area contributed by atoms with E-state index in [1.165, 1.54) is 14.2 Å². The van der Waals surface area contributed by atoms with Gasteiger partial charge in [-0.2, -0.15) is 0 Å². The number of hydrogen-bond donors (Lipinski definition) is 1. The van der Waals surface area contributed by atoms with Crippen molar-refractivity contribution in [1.29, 1.82) is 0 Å². The van der Waals surface area contributed by atoms with Crippen LogP contribution in [0.2, 0.25) is 0 Å². The highest BCUT2D eigenvalue weighted by molar-refractivity contribution is 9.10. The van der Waals surface area contributed by atoms with E-state index in [9.17, 15) is 9.59 Å². The summed E-state index contributed by atoms with van der Waals surface area (Å²) in [6, 6.07) is 6.13. The zero-order valence-corrected chi connectivity index (χ0v) is 15.6. The number of para-hydroxylation sites is 1. The molecule has 0 amide bonds. The Morgan fingerprint density at radius 2 is 1.96 bits per heavy atom. The van der Waals surface area contributed by atoms with Gasteiger partial charge in [-0.1, -0.05) is 6.07 Å². The van der Waals surface area contributed by atoms with E-state index in [1.807, 2.05) is 18.2 Å². The maximum atomic E-state index is 12.4. The van der Waals surface area contributed by atoms with Crippen molar-refractivity contribution in [2.45, 2.75) is 18.9 Å². The van der Waals surface area contributed by atoms with Gasteiger partial charge in [0, 0.05) is 10.5 Å². The van der Waals surface area contributed by atoms with E-state index >= 15 is 0 Å². The van der Waals surface area contributed by atoms with E-state index < -0.39 is 11.9 Å². The van der Waals surface area contributed by atoms with E-state index in [-0.39, 0.29) is 24.6 Å². The molecule has 25 heavy (non-hydrogen) atoms. The fourth-order valence-electron chi connectivity index (χ4n) is 2.67. The zero-order chi connectivity index (χ0) is 18.0. The Balaban J connectivity index is 2.11. The first-order valence-electron chi connectivity index (χ1n) is 7.87. The van der Waals surface area contributed by atoms with Crippen LogP contribution in [0.3, 0.4) is 0 Å². The van der Waals surface area contributed by atoms with Crippen LogP contribution < -0.4 is 10.2 Å². The Morgan fingerprint density at radius 1 is 1.24 bits per heavy atom. The second-order valence-corrected chi connectivity index (χ2v) is 6.62. The molecule has 0 saturated heterocycles. The Morgan fingerprint density at radius 3 is 2.60 bits per heavy atom. The minimum atomic E-state index is -0.617. The molecule has 8 heteroatoms.